The number of nitrogen functional groups attached to an aromatic ring is 1. The second kappa shape index (κ2) is 14.9. The number of carbonyl (C=O) groups is 1. The highest BCUT2D eigenvalue weighted by Crippen LogP contribution is 2.46. The molecule has 0 spiro atoms. The van der Waals surface area contributed by atoms with Crippen LogP contribution in [0.5, 0.6) is 11.9 Å². The highest BCUT2D eigenvalue weighted by molar-refractivity contribution is 7.23. The highest BCUT2D eigenvalue weighted by atomic mass is 35.5. The van der Waals surface area contributed by atoms with Gasteiger partial charge in [-0.3, -0.25) is 9.80 Å². The van der Waals surface area contributed by atoms with Gasteiger partial charge in [0.1, 0.15) is 48.3 Å². The van der Waals surface area contributed by atoms with Gasteiger partial charge in [-0.05, 0) is 49.9 Å². The molecule has 1 amide bonds. The minimum atomic E-state index is -4.65. The Morgan fingerprint density at radius 1 is 1.17 bits per heavy atom. The fourth-order valence-electron chi connectivity index (χ4n) is 7.77. The summed E-state index contributed by atoms with van der Waals surface area (Å²) in [5.41, 5.74) is 4.01. The third kappa shape index (κ3) is 6.75. The Kier molecular flexibility index (Phi) is 10.0. The monoisotopic (exact) mass is 839 g/mol. The standard InChI is InChI=1S/C37H31ClF5N11O3S/c1-3-25-48-17-54(51-25)35(55)52(2)33-20-11-22(38)28(19-5-6-23(39)31-27(19)21(13-44)32(45)58-31)29(40)30(20)49-34(50-33)57-15-36-8-4-10-53(36)18(7-9-36)14-56-26-12-24(37(41,42)43)46-16-47-26/h5-6,11-12,16-18H,3-4,7-10,14-15,45H2,1-2H3/t18-,36-/m0/s1. The Labute approximate surface area is 335 Å². The first-order chi connectivity index (χ1) is 27.7. The van der Waals surface area contributed by atoms with Gasteiger partial charge in [0.25, 0.3) is 0 Å². The van der Waals surface area contributed by atoms with Crippen molar-refractivity contribution in [3.05, 3.63) is 70.7 Å². The van der Waals surface area contributed by atoms with Crippen LogP contribution in [-0.2, 0) is 12.6 Å². The third-order valence-electron chi connectivity index (χ3n) is 10.6. The molecule has 2 aliphatic rings. The maximum atomic E-state index is 17.1. The molecule has 2 aliphatic heterocycles. The van der Waals surface area contributed by atoms with Gasteiger partial charge in [0.05, 0.1) is 20.8 Å². The van der Waals surface area contributed by atoms with Crippen LogP contribution in [0.4, 0.5) is 37.6 Å². The number of hydrogen-bond acceptors (Lipinski definition) is 13. The normalized spacial score (nSPS) is 18.2. The molecule has 14 nitrogen and oxygen atoms in total. The molecule has 58 heavy (non-hydrogen) atoms. The van der Waals surface area contributed by atoms with Crippen LogP contribution in [-0.4, -0.2) is 84.0 Å². The summed E-state index contributed by atoms with van der Waals surface area (Å²) < 4.78 is 84.9. The van der Waals surface area contributed by atoms with E-state index in [1.165, 1.54) is 25.5 Å². The van der Waals surface area contributed by atoms with Gasteiger partial charge in [0.2, 0.25) is 5.88 Å². The predicted octanol–water partition coefficient (Wildman–Crippen LogP) is 7.42. The zero-order chi connectivity index (χ0) is 41.1. The minimum absolute atomic E-state index is 0.0334. The van der Waals surface area contributed by atoms with Crippen LogP contribution in [0.25, 0.3) is 32.1 Å². The number of carbonyl (C=O) groups excluding carboxylic acids is 1. The average molecular weight is 840 g/mol. The van der Waals surface area contributed by atoms with Gasteiger partial charge in [-0.1, -0.05) is 24.6 Å². The van der Waals surface area contributed by atoms with E-state index in [1.807, 2.05) is 13.0 Å². The van der Waals surface area contributed by atoms with Crippen LogP contribution in [0.1, 0.15) is 49.7 Å². The Morgan fingerprint density at radius 3 is 2.72 bits per heavy atom. The molecule has 6 heterocycles. The van der Waals surface area contributed by atoms with Crippen molar-refractivity contribution < 1.29 is 36.2 Å². The number of halogens is 6. The first-order valence-electron chi connectivity index (χ1n) is 17.9. The van der Waals surface area contributed by atoms with E-state index in [2.05, 4.69) is 34.9 Å². The van der Waals surface area contributed by atoms with E-state index in [0.29, 0.717) is 38.1 Å². The van der Waals surface area contributed by atoms with E-state index in [0.717, 1.165) is 45.8 Å². The van der Waals surface area contributed by atoms with E-state index in [-0.39, 0.29) is 84.7 Å². The number of fused-ring (bicyclic) bond motifs is 3. The predicted molar refractivity (Wildman–Crippen MR) is 203 cm³/mol. The van der Waals surface area contributed by atoms with Crippen molar-refractivity contribution in [1.82, 2.24) is 39.6 Å². The van der Waals surface area contributed by atoms with Crippen LogP contribution in [0, 0.1) is 23.0 Å². The van der Waals surface area contributed by atoms with Crippen molar-refractivity contribution in [1.29, 1.82) is 5.26 Å². The van der Waals surface area contributed by atoms with Gasteiger partial charge in [-0.15, -0.1) is 16.4 Å². The third-order valence-corrected chi connectivity index (χ3v) is 11.9. The maximum Gasteiger partial charge on any atom is 0.433 e. The molecule has 6 aromatic rings. The van der Waals surface area contributed by atoms with E-state index < -0.39 is 35.1 Å². The zero-order valence-corrected chi connectivity index (χ0v) is 32.2. The number of thiophene rings is 1. The smallest absolute Gasteiger partial charge is 0.433 e. The van der Waals surface area contributed by atoms with Crippen LogP contribution in [0.3, 0.4) is 0 Å². The number of nitriles is 1. The number of nitrogens with two attached hydrogens (primary N) is 1. The molecule has 2 fully saturated rings. The number of alkyl halides is 3. The molecule has 2 atom stereocenters. The Bertz CT molecular complexity index is 2650. The highest BCUT2D eigenvalue weighted by Gasteiger charge is 2.50. The molecule has 8 rings (SSSR count). The van der Waals surface area contributed by atoms with Crippen molar-refractivity contribution in [3.63, 3.8) is 0 Å². The lowest BCUT2D eigenvalue weighted by molar-refractivity contribution is -0.141. The summed E-state index contributed by atoms with van der Waals surface area (Å²) in [4.78, 5) is 37.3. The molecule has 0 radical (unpaired) electrons. The second-order valence-electron chi connectivity index (χ2n) is 13.9. The molecular formula is C37H31ClF5N11O3S. The number of nitrogens with zero attached hydrogens (tertiary/aromatic N) is 10. The van der Waals surface area contributed by atoms with Gasteiger partial charge in [-0.25, -0.2) is 28.5 Å². The zero-order valence-electron chi connectivity index (χ0n) is 30.6. The van der Waals surface area contributed by atoms with Gasteiger partial charge in [0, 0.05) is 41.9 Å². The topological polar surface area (TPSA) is 174 Å². The summed E-state index contributed by atoms with van der Waals surface area (Å²) in [6.07, 6.45) is 0.652. The molecule has 0 saturated carbocycles. The summed E-state index contributed by atoms with van der Waals surface area (Å²) in [6.45, 7) is 2.60. The number of benzene rings is 2. The van der Waals surface area contributed by atoms with Crippen LogP contribution >= 0.6 is 22.9 Å². The Hall–Kier alpha value is -5.78. The van der Waals surface area contributed by atoms with E-state index in [4.69, 9.17) is 26.8 Å². The fourth-order valence-corrected chi connectivity index (χ4v) is 9.02. The largest absolute Gasteiger partial charge is 0.476 e. The number of rotatable bonds is 9. The van der Waals surface area contributed by atoms with Gasteiger partial charge in [0.15, 0.2) is 23.2 Å². The Morgan fingerprint density at radius 2 is 1.98 bits per heavy atom. The summed E-state index contributed by atoms with van der Waals surface area (Å²) in [6, 6.07) is 5.41. The lowest BCUT2D eigenvalue weighted by atomic mass is 9.95. The van der Waals surface area contributed by atoms with E-state index in [1.54, 1.807) is 0 Å². The molecule has 0 unspecified atom stereocenters. The lowest BCUT2D eigenvalue weighted by Crippen LogP contribution is -2.48. The maximum absolute atomic E-state index is 17.1. The summed E-state index contributed by atoms with van der Waals surface area (Å²) in [7, 11) is 1.41. The number of aryl methyl sites for hydroxylation is 1. The van der Waals surface area contributed by atoms with Crippen molar-refractivity contribution in [2.45, 2.75) is 56.8 Å². The molecular weight excluding hydrogens is 809 g/mol. The summed E-state index contributed by atoms with van der Waals surface area (Å²) in [5, 5.41) is 14.1. The van der Waals surface area contributed by atoms with Crippen LogP contribution in [0.15, 0.2) is 36.9 Å². The minimum Gasteiger partial charge on any atom is -0.476 e. The van der Waals surface area contributed by atoms with Gasteiger partial charge < -0.3 is 15.2 Å². The molecule has 2 N–H and O–H groups in total. The van der Waals surface area contributed by atoms with Crippen molar-refractivity contribution in [3.8, 4) is 29.1 Å². The van der Waals surface area contributed by atoms with Crippen LogP contribution in [0.2, 0.25) is 5.02 Å². The van der Waals surface area contributed by atoms with Gasteiger partial charge >= 0.3 is 18.2 Å². The van der Waals surface area contributed by atoms with Crippen molar-refractivity contribution >= 4 is 60.8 Å². The Balaban J connectivity index is 1.16. The second-order valence-corrected chi connectivity index (χ2v) is 15.3. The molecule has 4 aromatic heterocycles. The first-order valence-corrected chi connectivity index (χ1v) is 19.1. The van der Waals surface area contributed by atoms with E-state index >= 15 is 4.39 Å². The number of anilines is 2. The summed E-state index contributed by atoms with van der Waals surface area (Å²) >= 11 is 7.65. The van der Waals surface area contributed by atoms with Gasteiger partial charge in [-0.2, -0.15) is 33.1 Å². The quantitative estimate of drug-likeness (QED) is 0.143. The van der Waals surface area contributed by atoms with Crippen LogP contribution < -0.4 is 20.1 Å². The lowest BCUT2D eigenvalue weighted by Gasteiger charge is -2.34. The fraction of sp³-hybridized carbons (Fsp3) is 0.351. The summed E-state index contributed by atoms with van der Waals surface area (Å²) in [5.74, 6) is -1.47. The van der Waals surface area contributed by atoms with E-state index in [9.17, 15) is 27.6 Å². The number of amides is 1. The number of aromatic nitrogens is 7. The molecule has 2 aromatic carbocycles. The number of ether oxygens (including phenoxy) is 2. The molecule has 2 saturated heterocycles. The first kappa shape index (κ1) is 39.1. The van der Waals surface area contributed by atoms with Crippen molar-refractivity contribution in [2.75, 3.05) is 37.4 Å². The SMILES string of the molecule is CCc1ncn(C(=O)N(C)c2nc(OC[C@@]34CCCN3[C@H](COc3cc(C(F)(F)F)ncn3)CC4)nc3c(F)c(-c4ccc(F)c5sc(N)c(C#N)c45)c(Cl)cc23)n1. The molecule has 21 heteroatoms. The molecule has 300 valence electrons. The molecule has 0 aliphatic carbocycles. The molecule has 0 bridgehead atoms. The van der Waals surface area contributed by atoms with Crippen molar-refractivity contribution in [2.24, 2.45) is 0 Å². The number of hydrogen-bond donors (Lipinski definition) is 1. The average Bonchev–Trinajstić information content (AvgIpc) is 4.00.